The van der Waals surface area contributed by atoms with Crippen LogP contribution < -0.4 is 0 Å². The number of hydrogen-bond donors (Lipinski definition) is 0. The van der Waals surface area contributed by atoms with Crippen LogP contribution in [0.5, 0.6) is 0 Å². The zero-order valence-electron chi connectivity index (χ0n) is 6.67. The van der Waals surface area contributed by atoms with Crippen molar-refractivity contribution in [3.05, 3.63) is 11.8 Å². The second-order valence-corrected chi connectivity index (χ2v) is 3.33. The SMILES string of the molecule is COC1=CC2C(=O)CC2CC1. The van der Waals surface area contributed by atoms with Crippen LogP contribution in [0.25, 0.3) is 0 Å². The molecule has 2 rings (SSSR count). The summed E-state index contributed by atoms with van der Waals surface area (Å²) < 4.78 is 5.10. The van der Waals surface area contributed by atoms with Gasteiger partial charge in [-0.3, -0.25) is 4.79 Å². The van der Waals surface area contributed by atoms with Gasteiger partial charge in [-0.2, -0.15) is 0 Å². The van der Waals surface area contributed by atoms with Gasteiger partial charge in [0.05, 0.1) is 12.9 Å². The highest BCUT2D eigenvalue weighted by atomic mass is 16.5. The fourth-order valence-electron chi connectivity index (χ4n) is 1.92. The van der Waals surface area contributed by atoms with Crippen molar-refractivity contribution in [1.29, 1.82) is 0 Å². The summed E-state index contributed by atoms with van der Waals surface area (Å²) in [5.74, 6) is 2.24. The molecule has 0 aromatic heterocycles. The normalized spacial score (nSPS) is 35.4. The average Bonchev–Trinajstić information content (AvgIpc) is 2.03. The number of carbonyl (C=O) groups excluding carboxylic acids is 1. The average molecular weight is 152 g/mol. The van der Waals surface area contributed by atoms with Crippen LogP contribution in [0.2, 0.25) is 0 Å². The molecule has 0 saturated heterocycles. The number of carbonyl (C=O) groups is 1. The lowest BCUT2D eigenvalue weighted by molar-refractivity contribution is -0.132. The van der Waals surface area contributed by atoms with E-state index in [2.05, 4.69) is 0 Å². The maximum atomic E-state index is 11.0. The molecule has 1 saturated carbocycles. The second-order valence-electron chi connectivity index (χ2n) is 3.33. The highest BCUT2D eigenvalue weighted by Gasteiger charge is 2.40. The quantitative estimate of drug-likeness (QED) is 0.569. The van der Waals surface area contributed by atoms with E-state index in [4.69, 9.17) is 4.74 Å². The molecule has 0 amide bonds. The molecule has 2 heteroatoms. The Hall–Kier alpha value is -0.790. The molecular formula is C9H12O2. The molecule has 2 nitrogen and oxygen atoms in total. The molecule has 2 aliphatic rings. The van der Waals surface area contributed by atoms with Crippen molar-refractivity contribution in [2.45, 2.75) is 19.3 Å². The van der Waals surface area contributed by atoms with E-state index < -0.39 is 0 Å². The van der Waals surface area contributed by atoms with Crippen LogP contribution >= 0.6 is 0 Å². The molecule has 11 heavy (non-hydrogen) atoms. The van der Waals surface area contributed by atoms with Crippen molar-refractivity contribution in [1.82, 2.24) is 0 Å². The van der Waals surface area contributed by atoms with Crippen molar-refractivity contribution in [2.75, 3.05) is 7.11 Å². The smallest absolute Gasteiger partial charge is 0.140 e. The highest BCUT2D eigenvalue weighted by Crippen LogP contribution is 2.40. The minimum Gasteiger partial charge on any atom is -0.501 e. The molecule has 0 aromatic rings. The van der Waals surface area contributed by atoms with E-state index >= 15 is 0 Å². The number of methoxy groups -OCH3 is 1. The van der Waals surface area contributed by atoms with Gasteiger partial charge in [-0.15, -0.1) is 0 Å². The Bertz CT molecular complexity index is 218. The number of hydrogen-bond acceptors (Lipinski definition) is 2. The third-order valence-electron chi connectivity index (χ3n) is 2.73. The number of ketones is 1. The molecule has 0 N–H and O–H groups in total. The van der Waals surface area contributed by atoms with E-state index in [0.717, 1.165) is 25.0 Å². The molecule has 0 bridgehead atoms. The summed E-state index contributed by atoms with van der Waals surface area (Å²) in [5, 5.41) is 0. The topological polar surface area (TPSA) is 26.3 Å². The third kappa shape index (κ3) is 0.971. The van der Waals surface area contributed by atoms with Crippen LogP contribution in [0.1, 0.15) is 19.3 Å². The summed E-state index contributed by atoms with van der Waals surface area (Å²) in [4.78, 5) is 11.0. The van der Waals surface area contributed by atoms with Crippen LogP contribution in [-0.2, 0) is 9.53 Å². The molecule has 1 fully saturated rings. The van der Waals surface area contributed by atoms with Crippen molar-refractivity contribution in [2.24, 2.45) is 11.8 Å². The molecular weight excluding hydrogens is 140 g/mol. The van der Waals surface area contributed by atoms with Gasteiger partial charge in [-0.25, -0.2) is 0 Å². The van der Waals surface area contributed by atoms with Crippen molar-refractivity contribution in [3.8, 4) is 0 Å². The molecule has 0 heterocycles. The maximum Gasteiger partial charge on any atom is 0.140 e. The van der Waals surface area contributed by atoms with Gasteiger partial charge < -0.3 is 4.74 Å². The van der Waals surface area contributed by atoms with Gasteiger partial charge in [-0.05, 0) is 18.4 Å². The fraction of sp³-hybridized carbons (Fsp3) is 0.667. The molecule has 0 aromatic carbocycles. The lowest BCUT2D eigenvalue weighted by Gasteiger charge is -2.36. The molecule has 2 aliphatic carbocycles. The van der Waals surface area contributed by atoms with Gasteiger partial charge >= 0.3 is 0 Å². The van der Waals surface area contributed by atoms with Crippen LogP contribution in [0.15, 0.2) is 11.8 Å². The molecule has 2 atom stereocenters. The zero-order chi connectivity index (χ0) is 7.84. The van der Waals surface area contributed by atoms with Gasteiger partial charge in [-0.1, -0.05) is 0 Å². The van der Waals surface area contributed by atoms with Crippen molar-refractivity contribution >= 4 is 5.78 Å². The molecule has 0 radical (unpaired) electrons. The van der Waals surface area contributed by atoms with Crippen LogP contribution in [0, 0.1) is 11.8 Å². The van der Waals surface area contributed by atoms with Crippen molar-refractivity contribution < 1.29 is 9.53 Å². The summed E-state index contributed by atoms with van der Waals surface area (Å²) in [6.45, 7) is 0. The first-order chi connectivity index (χ1) is 5.31. The minimum atomic E-state index is 0.207. The van der Waals surface area contributed by atoms with Gasteiger partial charge in [0.15, 0.2) is 0 Å². The third-order valence-corrected chi connectivity index (χ3v) is 2.73. The molecule has 0 aliphatic heterocycles. The Morgan fingerprint density at radius 1 is 1.64 bits per heavy atom. The monoisotopic (exact) mass is 152 g/mol. The Morgan fingerprint density at radius 2 is 2.45 bits per heavy atom. The number of Topliss-reactive ketones (excluding diaryl/α,β-unsaturated/α-hetero) is 1. The number of fused-ring (bicyclic) bond motifs is 1. The predicted octanol–water partition coefficient (Wildman–Crippen LogP) is 1.52. The van der Waals surface area contributed by atoms with Gasteiger partial charge in [0.2, 0.25) is 0 Å². The Kier molecular flexibility index (Phi) is 1.48. The predicted molar refractivity (Wildman–Crippen MR) is 40.9 cm³/mol. The van der Waals surface area contributed by atoms with E-state index in [0.29, 0.717) is 11.7 Å². The first-order valence-corrected chi connectivity index (χ1v) is 4.08. The lowest BCUT2D eigenvalue weighted by Crippen LogP contribution is -2.37. The highest BCUT2D eigenvalue weighted by molar-refractivity contribution is 5.89. The van der Waals surface area contributed by atoms with E-state index in [-0.39, 0.29) is 5.92 Å². The Morgan fingerprint density at radius 3 is 3.09 bits per heavy atom. The summed E-state index contributed by atoms with van der Waals surface area (Å²) in [6.07, 6.45) is 4.96. The van der Waals surface area contributed by atoms with Crippen LogP contribution in [0.4, 0.5) is 0 Å². The Labute approximate surface area is 66.2 Å². The zero-order valence-corrected chi connectivity index (χ0v) is 6.67. The van der Waals surface area contributed by atoms with Gasteiger partial charge in [0, 0.05) is 18.8 Å². The minimum absolute atomic E-state index is 0.207. The van der Waals surface area contributed by atoms with E-state index in [1.807, 2.05) is 6.08 Å². The Balaban J connectivity index is 2.13. The molecule has 0 spiro atoms. The molecule has 60 valence electrons. The number of allylic oxidation sites excluding steroid dienone is 2. The summed E-state index contributed by atoms with van der Waals surface area (Å²) in [5.41, 5.74) is 0. The van der Waals surface area contributed by atoms with Gasteiger partial charge in [0.1, 0.15) is 5.78 Å². The van der Waals surface area contributed by atoms with Crippen molar-refractivity contribution in [3.63, 3.8) is 0 Å². The standard InChI is InChI=1S/C9H12O2/c1-11-7-3-2-6-4-9(10)8(6)5-7/h5-6,8H,2-4H2,1H3. The fourth-order valence-corrected chi connectivity index (χ4v) is 1.92. The van der Waals surface area contributed by atoms with E-state index in [1.165, 1.54) is 0 Å². The first-order valence-electron chi connectivity index (χ1n) is 4.08. The van der Waals surface area contributed by atoms with E-state index in [9.17, 15) is 4.79 Å². The van der Waals surface area contributed by atoms with Crippen LogP contribution in [0.3, 0.4) is 0 Å². The molecule has 2 unspecified atom stereocenters. The second kappa shape index (κ2) is 2.36. The summed E-state index contributed by atoms with van der Waals surface area (Å²) in [6, 6.07) is 0. The first kappa shape index (κ1) is 6.89. The maximum absolute atomic E-state index is 11.0. The van der Waals surface area contributed by atoms with Gasteiger partial charge in [0.25, 0.3) is 0 Å². The summed E-state index contributed by atoms with van der Waals surface area (Å²) in [7, 11) is 1.68. The van der Waals surface area contributed by atoms with Crippen LogP contribution in [-0.4, -0.2) is 12.9 Å². The number of ether oxygens (including phenoxy) is 1. The number of rotatable bonds is 1. The largest absolute Gasteiger partial charge is 0.501 e. The lowest BCUT2D eigenvalue weighted by atomic mass is 9.67. The summed E-state index contributed by atoms with van der Waals surface area (Å²) >= 11 is 0. The van der Waals surface area contributed by atoms with E-state index in [1.54, 1.807) is 7.11 Å².